The van der Waals surface area contributed by atoms with E-state index in [1.807, 2.05) is 30.3 Å². The van der Waals surface area contributed by atoms with Crippen LogP contribution in [0.3, 0.4) is 0 Å². The summed E-state index contributed by atoms with van der Waals surface area (Å²) in [6.45, 7) is 2.55. The summed E-state index contributed by atoms with van der Waals surface area (Å²) in [5.74, 6) is -0.563. The molecule has 140 valence electrons. The predicted octanol–water partition coefficient (Wildman–Crippen LogP) is 3.13. The van der Waals surface area contributed by atoms with Crippen LogP contribution in [0.4, 0.5) is 0 Å². The number of rotatable bonds is 7. The summed E-state index contributed by atoms with van der Waals surface area (Å²) >= 11 is 0. The molecule has 0 aliphatic heterocycles. The van der Waals surface area contributed by atoms with Gasteiger partial charge in [-0.3, -0.25) is 4.79 Å². The summed E-state index contributed by atoms with van der Waals surface area (Å²) in [7, 11) is 0. The van der Waals surface area contributed by atoms with E-state index in [1.54, 1.807) is 6.92 Å². The molecule has 0 spiro atoms. The smallest absolute Gasteiger partial charge is 0.333 e. The second kappa shape index (κ2) is 10.4. The van der Waals surface area contributed by atoms with Crippen LogP contribution in [0.1, 0.15) is 57.1 Å². The van der Waals surface area contributed by atoms with E-state index in [0.717, 1.165) is 31.2 Å². The quantitative estimate of drug-likeness (QED) is 0.724. The number of carbonyl (C=O) groups excluding carboxylic acids is 2. The number of nitrogens with two attached hydrogens (primary N) is 1. The van der Waals surface area contributed by atoms with Gasteiger partial charge in [-0.1, -0.05) is 49.6 Å². The molecule has 1 saturated carbocycles. The second-order valence-electron chi connectivity index (χ2n) is 6.60. The molecule has 0 heterocycles. The largest absolute Gasteiger partial charge is 0.464 e. The van der Waals surface area contributed by atoms with Crippen LogP contribution in [-0.4, -0.2) is 25.0 Å². The third kappa shape index (κ3) is 6.01. The SMILES string of the molecule is CCOC(=O)[C@H](NC(=O)CC1(CN)CCCCC1)c1ccccc1.Cl. The molecule has 0 aromatic heterocycles. The van der Waals surface area contributed by atoms with E-state index in [1.165, 1.54) is 6.42 Å². The first-order valence-electron chi connectivity index (χ1n) is 8.81. The van der Waals surface area contributed by atoms with Crippen molar-refractivity contribution in [2.24, 2.45) is 11.1 Å². The summed E-state index contributed by atoms with van der Waals surface area (Å²) in [6, 6.07) is 8.44. The van der Waals surface area contributed by atoms with Crippen LogP contribution in [0, 0.1) is 5.41 Å². The first-order valence-corrected chi connectivity index (χ1v) is 8.81. The minimum atomic E-state index is -0.767. The molecular weight excluding hydrogens is 340 g/mol. The summed E-state index contributed by atoms with van der Waals surface area (Å²) in [5.41, 5.74) is 6.57. The fourth-order valence-electron chi connectivity index (χ4n) is 3.46. The lowest BCUT2D eigenvalue weighted by Gasteiger charge is -2.36. The van der Waals surface area contributed by atoms with Crippen LogP contribution >= 0.6 is 12.4 Å². The van der Waals surface area contributed by atoms with Gasteiger partial charge in [0.1, 0.15) is 0 Å². The molecule has 1 aromatic carbocycles. The van der Waals surface area contributed by atoms with Crippen LogP contribution < -0.4 is 11.1 Å². The van der Waals surface area contributed by atoms with Crippen molar-refractivity contribution in [3.8, 4) is 0 Å². The molecular formula is C19H29ClN2O3. The number of ether oxygens (including phenoxy) is 1. The second-order valence-corrected chi connectivity index (χ2v) is 6.60. The topological polar surface area (TPSA) is 81.4 Å². The number of amides is 1. The Morgan fingerprint density at radius 2 is 1.84 bits per heavy atom. The maximum Gasteiger partial charge on any atom is 0.333 e. The van der Waals surface area contributed by atoms with E-state index in [4.69, 9.17) is 10.5 Å². The van der Waals surface area contributed by atoms with Crippen molar-refractivity contribution in [3.63, 3.8) is 0 Å². The van der Waals surface area contributed by atoms with Gasteiger partial charge in [0.05, 0.1) is 6.61 Å². The number of hydrogen-bond acceptors (Lipinski definition) is 4. The molecule has 0 radical (unpaired) electrons. The monoisotopic (exact) mass is 368 g/mol. The van der Waals surface area contributed by atoms with Crippen LogP contribution in [0.5, 0.6) is 0 Å². The maximum absolute atomic E-state index is 12.6. The van der Waals surface area contributed by atoms with Gasteiger partial charge in [-0.2, -0.15) is 0 Å². The van der Waals surface area contributed by atoms with E-state index in [2.05, 4.69) is 5.32 Å². The number of halogens is 1. The van der Waals surface area contributed by atoms with E-state index < -0.39 is 12.0 Å². The zero-order valence-corrected chi connectivity index (χ0v) is 15.6. The number of carbonyl (C=O) groups is 2. The average Bonchev–Trinajstić information content (AvgIpc) is 2.61. The third-order valence-electron chi connectivity index (χ3n) is 4.84. The highest BCUT2D eigenvalue weighted by molar-refractivity contribution is 5.86. The highest BCUT2D eigenvalue weighted by Crippen LogP contribution is 2.38. The van der Waals surface area contributed by atoms with Gasteiger partial charge >= 0.3 is 5.97 Å². The van der Waals surface area contributed by atoms with Crippen molar-refractivity contribution in [1.29, 1.82) is 0 Å². The predicted molar refractivity (Wildman–Crippen MR) is 100 cm³/mol. The van der Waals surface area contributed by atoms with Crippen molar-refractivity contribution in [3.05, 3.63) is 35.9 Å². The Labute approximate surface area is 156 Å². The van der Waals surface area contributed by atoms with Gasteiger partial charge in [-0.15, -0.1) is 12.4 Å². The van der Waals surface area contributed by atoms with Crippen molar-refractivity contribution in [2.75, 3.05) is 13.2 Å². The molecule has 2 rings (SSSR count). The highest BCUT2D eigenvalue weighted by Gasteiger charge is 2.34. The molecule has 3 N–H and O–H groups in total. The minimum absolute atomic E-state index is 0. The Morgan fingerprint density at radius 1 is 1.20 bits per heavy atom. The average molecular weight is 369 g/mol. The minimum Gasteiger partial charge on any atom is -0.464 e. The van der Waals surface area contributed by atoms with Crippen LogP contribution in [0.2, 0.25) is 0 Å². The Balaban J connectivity index is 0.00000312. The Hall–Kier alpha value is -1.59. The van der Waals surface area contributed by atoms with E-state index >= 15 is 0 Å². The molecule has 6 heteroatoms. The van der Waals surface area contributed by atoms with Gasteiger partial charge in [-0.05, 0) is 37.3 Å². The maximum atomic E-state index is 12.6. The fourth-order valence-corrected chi connectivity index (χ4v) is 3.46. The third-order valence-corrected chi connectivity index (χ3v) is 4.84. The fraction of sp³-hybridized carbons (Fsp3) is 0.579. The van der Waals surface area contributed by atoms with Crippen molar-refractivity contribution >= 4 is 24.3 Å². The highest BCUT2D eigenvalue weighted by atomic mass is 35.5. The molecule has 1 aliphatic rings. The zero-order chi connectivity index (χ0) is 17.4. The first kappa shape index (κ1) is 21.5. The number of hydrogen-bond donors (Lipinski definition) is 2. The lowest BCUT2D eigenvalue weighted by atomic mass is 9.71. The lowest BCUT2D eigenvalue weighted by Crippen LogP contribution is -2.41. The Morgan fingerprint density at radius 3 is 2.40 bits per heavy atom. The molecule has 1 atom stereocenters. The van der Waals surface area contributed by atoms with Crippen molar-refractivity contribution < 1.29 is 14.3 Å². The van der Waals surface area contributed by atoms with Crippen molar-refractivity contribution in [2.45, 2.75) is 51.5 Å². The van der Waals surface area contributed by atoms with Gasteiger partial charge in [0.15, 0.2) is 6.04 Å². The van der Waals surface area contributed by atoms with Gasteiger partial charge in [-0.25, -0.2) is 4.79 Å². The molecule has 1 amide bonds. The van der Waals surface area contributed by atoms with Crippen LogP contribution in [0.25, 0.3) is 0 Å². The lowest BCUT2D eigenvalue weighted by molar-refractivity contribution is -0.148. The van der Waals surface area contributed by atoms with Crippen LogP contribution in [0.15, 0.2) is 30.3 Å². The molecule has 1 aliphatic carbocycles. The van der Waals surface area contributed by atoms with Crippen LogP contribution in [-0.2, 0) is 14.3 Å². The summed E-state index contributed by atoms with van der Waals surface area (Å²) < 4.78 is 5.12. The molecule has 0 bridgehead atoms. The normalized spacial score (nSPS) is 17.0. The van der Waals surface area contributed by atoms with Gasteiger partial charge in [0.2, 0.25) is 5.91 Å². The summed E-state index contributed by atoms with van der Waals surface area (Å²) in [4.78, 5) is 24.9. The first-order chi connectivity index (χ1) is 11.6. The van der Waals surface area contributed by atoms with E-state index in [9.17, 15) is 9.59 Å². The van der Waals surface area contributed by atoms with Crippen molar-refractivity contribution in [1.82, 2.24) is 5.32 Å². The standard InChI is InChI=1S/C19H28N2O3.ClH/c1-2-24-18(23)17(15-9-5-3-6-10-15)21-16(22)13-19(14-20)11-7-4-8-12-19;/h3,5-6,9-10,17H,2,4,7-8,11-14,20H2,1H3,(H,21,22);1H/t17-;/m1./s1. The molecule has 1 fully saturated rings. The molecule has 5 nitrogen and oxygen atoms in total. The molecule has 0 saturated heterocycles. The zero-order valence-electron chi connectivity index (χ0n) is 14.8. The Bertz CT molecular complexity index is 545. The van der Waals surface area contributed by atoms with Gasteiger partial charge in [0, 0.05) is 6.42 Å². The van der Waals surface area contributed by atoms with Gasteiger partial charge < -0.3 is 15.8 Å². The molecule has 1 aromatic rings. The van der Waals surface area contributed by atoms with Gasteiger partial charge in [0.25, 0.3) is 0 Å². The number of nitrogens with one attached hydrogen (secondary N) is 1. The molecule has 25 heavy (non-hydrogen) atoms. The Kier molecular flexibility index (Phi) is 8.93. The summed E-state index contributed by atoms with van der Waals surface area (Å²) in [6.07, 6.45) is 5.76. The van der Waals surface area contributed by atoms with E-state index in [-0.39, 0.29) is 30.3 Å². The molecule has 0 unspecified atom stereocenters. The number of esters is 1. The number of benzene rings is 1. The van der Waals surface area contributed by atoms with E-state index in [0.29, 0.717) is 13.0 Å². The summed E-state index contributed by atoms with van der Waals surface area (Å²) in [5, 5.41) is 2.86.